The highest BCUT2D eigenvalue weighted by molar-refractivity contribution is 5.97. The molecule has 5 rings (SSSR count). The number of carbonyl (C=O) groups excluding carboxylic acids is 2. The van der Waals surface area contributed by atoms with Gasteiger partial charge in [0.2, 0.25) is 0 Å². The third-order valence-corrected chi connectivity index (χ3v) is 7.08. The molecule has 2 heterocycles. The van der Waals surface area contributed by atoms with E-state index in [4.69, 9.17) is 9.47 Å². The van der Waals surface area contributed by atoms with Gasteiger partial charge in [0, 0.05) is 57.7 Å². The van der Waals surface area contributed by atoms with E-state index in [1.807, 2.05) is 30.0 Å². The molecule has 1 aliphatic heterocycles. The van der Waals surface area contributed by atoms with Gasteiger partial charge in [0.05, 0.1) is 24.2 Å². The third kappa shape index (κ3) is 6.52. The zero-order valence-electron chi connectivity index (χ0n) is 23.0. The van der Waals surface area contributed by atoms with Crippen LogP contribution in [-0.4, -0.2) is 77.6 Å². The molecule has 0 spiro atoms. The van der Waals surface area contributed by atoms with Crippen LogP contribution in [-0.2, 0) is 27.2 Å². The Hall–Kier alpha value is -4.14. The van der Waals surface area contributed by atoms with E-state index in [2.05, 4.69) is 46.4 Å². The number of morpholine rings is 1. The van der Waals surface area contributed by atoms with E-state index >= 15 is 0 Å². The van der Waals surface area contributed by atoms with Gasteiger partial charge < -0.3 is 19.3 Å². The standard InChI is InChI=1S/C32H34N4O4/c1-3-40-30(32(38)36-15-17-39-18-16-36)20-23-7-9-25(10-8-23)26-6-4-5-24(19-26)22-35(2)31(37)27-11-12-28-29(21-27)34-14-13-33-28/h4-14,19,21,30H,3,15-18,20,22H2,1-2H3. The lowest BCUT2D eigenvalue weighted by Gasteiger charge is -2.30. The maximum absolute atomic E-state index is 13.1. The molecule has 1 aromatic heterocycles. The number of nitrogens with zero attached hydrogens (tertiary/aromatic N) is 4. The number of rotatable bonds is 9. The lowest BCUT2D eigenvalue weighted by Crippen LogP contribution is -2.47. The van der Waals surface area contributed by atoms with Crippen LogP contribution in [0.2, 0.25) is 0 Å². The summed E-state index contributed by atoms with van der Waals surface area (Å²) in [5.74, 6) is -0.0463. The minimum Gasteiger partial charge on any atom is -0.378 e. The number of benzene rings is 3. The van der Waals surface area contributed by atoms with Gasteiger partial charge in [0.25, 0.3) is 11.8 Å². The minimum atomic E-state index is -0.500. The molecule has 8 nitrogen and oxygen atoms in total. The first-order valence-corrected chi connectivity index (χ1v) is 13.6. The quantitative estimate of drug-likeness (QED) is 0.315. The number of aromatic nitrogens is 2. The van der Waals surface area contributed by atoms with Crippen molar-refractivity contribution in [1.82, 2.24) is 19.8 Å². The van der Waals surface area contributed by atoms with Crippen LogP contribution in [0.4, 0.5) is 0 Å². The van der Waals surface area contributed by atoms with Crippen molar-refractivity contribution in [2.45, 2.75) is 26.0 Å². The molecular weight excluding hydrogens is 504 g/mol. The van der Waals surface area contributed by atoms with Gasteiger partial charge >= 0.3 is 0 Å². The van der Waals surface area contributed by atoms with Gasteiger partial charge in [0.1, 0.15) is 6.10 Å². The van der Waals surface area contributed by atoms with E-state index in [0.29, 0.717) is 57.0 Å². The largest absolute Gasteiger partial charge is 0.378 e. The van der Waals surface area contributed by atoms with Crippen LogP contribution < -0.4 is 0 Å². The Bertz CT molecular complexity index is 1470. The van der Waals surface area contributed by atoms with Crippen molar-refractivity contribution in [2.75, 3.05) is 40.0 Å². The first kappa shape index (κ1) is 27.4. The van der Waals surface area contributed by atoms with Crippen LogP contribution >= 0.6 is 0 Å². The highest BCUT2D eigenvalue weighted by Crippen LogP contribution is 2.23. The van der Waals surface area contributed by atoms with Crippen LogP contribution in [0.25, 0.3) is 22.2 Å². The van der Waals surface area contributed by atoms with E-state index in [-0.39, 0.29) is 11.8 Å². The second kappa shape index (κ2) is 12.8. The van der Waals surface area contributed by atoms with Gasteiger partial charge in [-0.25, -0.2) is 0 Å². The predicted molar refractivity (Wildman–Crippen MR) is 154 cm³/mol. The second-order valence-electron chi connectivity index (χ2n) is 9.90. The summed E-state index contributed by atoms with van der Waals surface area (Å²) in [5.41, 5.74) is 6.26. The minimum absolute atomic E-state index is 0.0252. The van der Waals surface area contributed by atoms with Gasteiger partial charge in [-0.1, -0.05) is 42.5 Å². The van der Waals surface area contributed by atoms with Gasteiger partial charge in [-0.2, -0.15) is 0 Å². The summed E-state index contributed by atoms with van der Waals surface area (Å²) in [6.07, 6.45) is 3.29. The number of amides is 2. The SMILES string of the molecule is CCOC(Cc1ccc(-c2cccc(CN(C)C(=O)c3ccc4nccnc4c3)c2)cc1)C(=O)N1CCOCC1. The van der Waals surface area contributed by atoms with Crippen molar-refractivity contribution in [2.24, 2.45) is 0 Å². The molecular formula is C32H34N4O4. The molecule has 0 saturated carbocycles. The molecule has 1 unspecified atom stereocenters. The fourth-order valence-corrected chi connectivity index (χ4v) is 4.97. The molecule has 0 aliphatic carbocycles. The van der Waals surface area contributed by atoms with Crippen LogP contribution in [0.3, 0.4) is 0 Å². The smallest absolute Gasteiger partial charge is 0.253 e. The Balaban J connectivity index is 1.24. The molecule has 3 aromatic carbocycles. The van der Waals surface area contributed by atoms with E-state index in [0.717, 1.165) is 27.8 Å². The molecule has 0 radical (unpaired) electrons. The Morgan fingerprint density at radius 2 is 1.68 bits per heavy atom. The van der Waals surface area contributed by atoms with Crippen molar-refractivity contribution in [3.8, 4) is 11.1 Å². The molecule has 1 saturated heterocycles. The number of hydrogen-bond donors (Lipinski definition) is 0. The van der Waals surface area contributed by atoms with Crippen molar-refractivity contribution >= 4 is 22.8 Å². The summed E-state index contributed by atoms with van der Waals surface area (Å²) in [7, 11) is 1.80. The normalized spacial score (nSPS) is 14.2. The maximum Gasteiger partial charge on any atom is 0.253 e. The first-order chi connectivity index (χ1) is 19.5. The average Bonchev–Trinajstić information content (AvgIpc) is 3.00. The van der Waals surface area contributed by atoms with Crippen LogP contribution in [0, 0.1) is 0 Å². The average molecular weight is 539 g/mol. The van der Waals surface area contributed by atoms with E-state index in [1.165, 1.54) is 0 Å². The third-order valence-electron chi connectivity index (χ3n) is 7.08. The summed E-state index contributed by atoms with van der Waals surface area (Å²) in [6.45, 7) is 5.23. The van der Waals surface area contributed by atoms with Crippen LogP contribution in [0.15, 0.2) is 79.1 Å². The molecule has 1 aliphatic rings. The molecule has 1 fully saturated rings. The van der Waals surface area contributed by atoms with Crippen molar-refractivity contribution in [3.63, 3.8) is 0 Å². The zero-order chi connectivity index (χ0) is 27.9. The van der Waals surface area contributed by atoms with Gasteiger partial charge in [-0.15, -0.1) is 0 Å². The van der Waals surface area contributed by atoms with Crippen LogP contribution in [0.5, 0.6) is 0 Å². The van der Waals surface area contributed by atoms with Crippen molar-refractivity contribution < 1.29 is 19.1 Å². The number of hydrogen-bond acceptors (Lipinski definition) is 6. The van der Waals surface area contributed by atoms with Crippen LogP contribution in [0.1, 0.15) is 28.4 Å². The fraction of sp³-hybridized carbons (Fsp3) is 0.312. The number of ether oxygens (including phenoxy) is 2. The Labute approximate surface area is 234 Å². The van der Waals surface area contributed by atoms with Gasteiger partial charge in [-0.3, -0.25) is 19.6 Å². The van der Waals surface area contributed by atoms with Crippen molar-refractivity contribution in [3.05, 3.63) is 95.8 Å². The summed E-state index contributed by atoms with van der Waals surface area (Å²) < 4.78 is 11.2. The summed E-state index contributed by atoms with van der Waals surface area (Å²) in [6, 6.07) is 21.8. The first-order valence-electron chi connectivity index (χ1n) is 13.6. The van der Waals surface area contributed by atoms with E-state index < -0.39 is 6.10 Å². The maximum atomic E-state index is 13.1. The highest BCUT2D eigenvalue weighted by atomic mass is 16.5. The number of fused-ring (bicyclic) bond motifs is 1. The zero-order valence-corrected chi connectivity index (χ0v) is 23.0. The Kier molecular flexibility index (Phi) is 8.78. The molecule has 1 atom stereocenters. The summed E-state index contributed by atoms with van der Waals surface area (Å²) in [4.78, 5) is 38.2. The predicted octanol–water partition coefficient (Wildman–Crippen LogP) is 4.38. The lowest BCUT2D eigenvalue weighted by molar-refractivity contribution is -0.147. The molecule has 0 bridgehead atoms. The van der Waals surface area contributed by atoms with E-state index in [9.17, 15) is 9.59 Å². The summed E-state index contributed by atoms with van der Waals surface area (Å²) in [5, 5.41) is 0. The molecule has 40 heavy (non-hydrogen) atoms. The monoisotopic (exact) mass is 538 g/mol. The van der Waals surface area contributed by atoms with Crippen molar-refractivity contribution in [1.29, 1.82) is 0 Å². The topological polar surface area (TPSA) is 84.9 Å². The summed E-state index contributed by atoms with van der Waals surface area (Å²) >= 11 is 0. The highest BCUT2D eigenvalue weighted by Gasteiger charge is 2.26. The van der Waals surface area contributed by atoms with Gasteiger partial charge in [0.15, 0.2) is 0 Å². The molecule has 0 N–H and O–H groups in total. The fourth-order valence-electron chi connectivity index (χ4n) is 4.97. The second-order valence-corrected chi connectivity index (χ2v) is 9.90. The Morgan fingerprint density at radius 1 is 0.925 bits per heavy atom. The van der Waals surface area contributed by atoms with E-state index in [1.54, 1.807) is 36.5 Å². The lowest BCUT2D eigenvalue weighted by atomic mass is 9.99. The number of carbonyl (C=O) groups is 2. The molecule has 2 amide bonds. The molecule has 4 aromatic rings. The van der Waals surface area contributed by atoms with Gasteiger partial charge in [-0.05, 0) is 53.4 Å². The molecule has 206 valence electrons. The molecule has 8 heteroatoms. The Morgan fingerprint density at radius 3 is 2.42 bits per heavy atom.